The van der Waals surface area contributed by atoms with Crippen LogP contribution in [0.2, 0.25) is 0 Å². The van der Waals surface area contributed by atoms with Crippen LogP contribution in [0.5, 0.6) is 5.88 Å². The molecule has 0 aliphatic carbocycles. The smallest absolute Gasteiger partial charge is 0.254 e. The van der Waals surface area contributed by atoms with Crippen LogP contribution in [-0.2, 0) is 0 Å². The standard InChI is InChI=1S/C20H19N3O4S/c1-13-11-15(7-8-16(13)14-5-3-2-4-6-14)19(24)21-9-10-26-18-12-17(27-23-18)20(28)22-25/h2-8,11-12,25H,9-10H2,1H3,(H,21,24)(H,22,28). The molecule has 3 rings (SSSR count). The summed E-state index contributed by atoms with van der Waals surface area (Å²) in [5, 5.41) is 15.2. The monoisotopic (exact) mass is 397 g/mol. The van der Waals surface area contributed by atoms with Crippen molar-refractivity contribution < 1.29 is 19.3 Å². The minimum absolute atomic E-state index is 0.00460. The molecule has 0 aliphatic heterocycles. The number of hydrogen-bond acceptors (Lipinski definition) is 6. The zero-order chi connectivity index (χ0) is 19.9. The largest absolute Gasteiger partial charge is 0.474 e. The molecule has 0 fully saturated rings. The Hall–Kier alpha value is -3.23. The van der Waals surface area contributed by atoms with Gasteiger partial charge in [0.1, 0.15) is 6.61 Å². The van der Waals surface area contributed by atoms with Gasteiger partial charge in [-0.15, -0.1) is 0 Å². The molecule has 7 nitrogen and oxygen atoms in total. The number of ether oxygens (including phenoxy) is 1. The SMILES string of the molecule is Cc1cc(C(=O)NCCOc2cc(C(=S)NO)on2)ccc1-c1ccccc1. The number of carbonyl (C=O) groups excluding carboxylic acids is 1. The lowest BCUT2D eigenvalue weighted by molar-refractivity contribution is 0.0946. The van der Waals surface area contributed by atoms with Crippen molar-refractivity contribution in [2.45, 2.75) is 6.92 Å². The molecular formula is C20H19N3O4S. The van der Waals surface area contributed by atoms with E-state index in [-0.39, 0.29) is 29.1 Å². The predicted molar refractivity (Wildman–Crippen MR) is 108 cm³/mol. The second kappa shape index (κ2) is 9.12. The van der Waals surface area contributed by atoms with Crippen molar-refractivity contribution in [3.8, 4) is 17.0 Å². The van der Waals surface area contributed by atoms with E-state index in [1.807, 2.05) is 49.4 Å². The summed E-state index contributed by atoms with van der Waals surface area (Å²) < 4.78 is 10.3. The van der Waals surface area contributed by atoms with Crippen LogP contribution < -0.4 is 15.5 Å². The number of benzene rings is 2. The molecule has 0 unspecified atom stereocenters. The molecule has 3 N–H and O–H groups in total. The van der Waals surface area contributed by atoms with Gasteiger partial charge in [-0.25, -0.2) is 0 Å². The Labute approximate surface area is 167 Å². The van der Waals surface area contributed by atoms with Gasteiger partial charge in [-0.05, 0) is 40.9 Å². The number of aromatic nitrogens is 1. The van der Waals surface area contributed by atoms with Crippen molar-refractivity contribution in [1.82, 2.24) is 16.0 Å². The number of thiocarbonyl (C=S) groups is 1. The maximum atomic E-state index is 12.3. The number of aryl methyl sites for hydroxylation is 1. The highest BCUT2D eigenvalue weighted by atomic mass is 32.1. The van der Waals surface area contributed by atoms with Crippen molar-refractivity contribution in [3.63, 3.8) is 0 Å². The van der Waals surface area contributed by atoms with Crippen molar-refractivity contribution in [2.75, 3.05) is 13.2 Å². The van der Waals surface area contributed by atoms with E-state index in [4.69, 9.17) is 26.7 Å². The Bertz CT molecular complexity index is 973. The number of rotatable bonds is 7. The van der Waals surface area contributed by atoms with Crippen LogP contribution in [0, 0.1) is 6.92 Å². The van der Waals surface area contributed by atoms with E-state index in [9.17, 15) is 4.79 Å². The van der Waals surface area contributed by atoms with Gasteiger partial charge in [-0.2, -0.15) is 0 Å². The second-order valence-corrected chi connectivity index (χ2v) is 6.38. The quantitative estimate of drug-likeness (QED) is 0.320. The molecule has 2 aromatic carbocycles. The highest BCUT2D eigenvalue weighted by Crippen LogP contribution is 2.23. The average Bonchev–Trinajstić information content (AvgIpc) is 3.20. The first-order valence-electron chi connectivity index (χ1n) is 8.56. The van der Waals surface area contributed by atoms with E-state index in [0.717, 1.165) is 16.7 Å². The van der Waals surface area contributed by atoms with Crippen LogP contribution in [0.4, 0.5) is 0 Å². The van der Waals surface area contributed by atoms with Crippen LogP contribution >= 0.6 is 12.2 Å². The van der Waals surface area contributed by atoms with Crippen LogP contribution in [0.3, 0.4) is 0 Å². The van der Waals surface area contributed by atoms with Crippen molar-refractivity contribution in [2.24, 2.45) is 0 Å². The summed E-state index contributed by atoms with van der Waals surface area (Å²) in [7, 11) is 0. The van der Waals surface area contributed by atoms with Crippen LogP contribution in [-0.4, -0.2) is 34.4 Å². The minimum Gasteiger partial charge on any atom is -0.474 e. The molecule has 144 valence electrons. The summed E-state index contributed by atoms with van der Waals surface area (Å²) in [6.45, 7) is 2.48. The molecule has 0 atom stereocenters. The highest BCUT2D eigenvalue weighted by Gasteiger charge is 2.11. The van der Waals surface area contributed by atoms with Gasteiger partial charge in [0.2, 0.25) is 0 Å². The molecule has 28 heavy (non-hydrogen) atoms. The summed E-state index contributed by atoms with van der Waals surface area (Å²) in [5.41, 5.74) is 5.62. The molecule has 1 aromatic heterocycles. The van der Waals surface area contributed by atoms with E-state index < -0.39 is 0 Å². The van der Waals surface area contributed by atoms with Gasteiger partial charge >= 0.3 is 0 Å². The van der Waals surface area contributed by atoms with Gasteiger partial charge in [-0.3, -0.25) is 15.5 Å². The second-order valence-electron chi connectivity index (χ2n) is 5.97. The fourth-order valence-corrected chi connectivity index (χ4v) is 2.75. The Morgan fingerprint density at radius 1 is 1.21 bits per heavy atom. The van der Waals surface area contributed by atoms with E-state index in [1.54, 1.807) is 11.5 Å². The van der Waals surface area contributed by atoms with E-state index in [2.05, 4.69) is 10.5 Å². The van der Waals surface area contributed by atoms with Crippen molar-refractivity contribution in [3.05, 3.63) is 71.5 Å². The number of nitrogens with zero attached hydrogens (tertiary/aromatic N) is 1. The zero-order valence-electron chi connectivity index (χ0n) is 15.1. The van der Waals surface area contributed by atoms with E-state index in [1.165, 1.54) is 6.07 Å². The number of amides is 1. The Balaban J connectivity index is 1.52. The Morgan fingerprint density at radius 2 is 2.00 bits per heavy atom. The first-order valence-corrected chi connectivity index (χ1v) is 8.97. The van der Waals surface area contributed by atoms with Gasteiger partial charge in [0.05, 0.1) is 12.6 Å². The van der Waals surface area contributed by atoms with Crippen molar-refractivity contribution >= 4 is 23.1 Å². The molecule has 0 aliphatic rings. The van der Waals surface area contributed by atoms with E-state index >= 15 is 0 Å². The summed E-state index contributed by atoms with van der Waals surface area (Å²) in [6, 6.07) is 17.1. The van der Waals surface area contributed by atoms with E-state index in [0.29, 0.717) is 12.1 Å². The predicted octanol–water partition coefficient (Wildman–Crippen LogP) is 3.11. The lowest BCUT2D eigenvalue weighted by Gasteiger charge is -2.10. The molecule has 0 saturated heterocycles. The summed E-state index contributed by atoms with van der Waals surface area (Å²) in [4.78, 5) is 12.3. The maximum absolute atomic E-state index is 12.3. The number of hydroxylamine groups is 1. The van der Waals surface area contributed by atoms with Crippen LogP contribution in [0.25, 0.3) is 11.1 Å². The van der Waals surface area contributed by atoms with Gasteiger partial charge in [0.15, 0.2) is 10.7 Å². The average molecular weight is 397 g/mol. The first kappa shape index (κ1) is 19.5. The summed E-state index contributed by atoms with van der Waals surface area (Å²) in [6.07, 6.45) is 0. The van der Waals surface area contributed by atoms with Gasteiger partial charge in [-0.1, -0.05) is 48.6 Å². The van der Waals surface area contributed by atoms with Gasteiger partial charge < -0.3 is 14.6 Å². The van der Waals surface area contributed by atoms with Crippen molar-refractivity contribution in [1.29, 1.82) is 0 Å². The molecular weight excluding hydrogens is 378 g/mol. The van der Waals surface area contributed by atoms with Gasteiger partial charge in [0.25, 0.3) is 11.8 Å². The number of nitrogens with one attached hydrogen (secondary N) is 2. The lowest BCUT2D eigenvalue weighted by atomic mass is 9.98. The highest BCUT2D eigenvalue weighted by molar-refractivity contribution is 7.80. The lowest BCUT2D eigenvalue weighted by Crippen LogP contribution is -2.28. The molecule has 1 heterocycles. The normalized spacial score (nSPS) is 10.4. The molecule has 0 radical (unpaired) electrons. The van der Waals surface area contributed by atoms with Crippen LogP contribution in [0.1, 0.15) is 21.7 Å². The molecule has 3 aromatic rings. The fourth-order valence-electron chi connectivity index (χ4n) is 2.66. The Kier molecular flexibility index (Phi) is 6.36. The minimum atomic E-state index is -0.183. The molecule has 0 bridgehead atoms. The molecule has 1 amide bonds. The third kappa shape index (κ3) is 4.73. The third-order valence-electron chi connectivity index (χ3n) is 4.02. The molecule has 0 spiro atoms. The fraction of sp³-hybridized carbons (Fsp3) is 0.150. The first-order chi connectivity index (χ1) is 13.6. The third-order valence-corrected chi connectivity index (χ3v) is 4.32. The molecule has 0 saturated carbocycles. The maximum Gasteiger partial charge on any atom is 0.254 e. The zero-order valence-corrected chi connectivity index (χ0v) is 16.0. The number of carbonyl (C=O) groups is 1. The topological polar surface area (TPSA) is 96.6 Å². The Morgan fingerprint density at radius 3 is 2.71 bits per heavy atom. The van der Waals surface area contributed by atoms with Gasteiger partial charge in [0, 0.05) is 5.56 Å². The molecule has 8 heteroatoms. The summed E-state index contributed by atoms with van der Waals surface area (Å²) in [5.74, 6) is 0.216. The number of hydrogen-bond donors (Lipinski definition) is 3. The van der Waals surface area contributed by atoms with Crippen LogP contribution in [0.15, 0.2) is 59.1 Å². The summed E-state index contributed by atoms with van der Waals surface area (Å²) >= 11 is 4.80.